The van der Waals surface area contributed by atoms with Crippen LogP contribution in [-0.2, 0) is 4.79 Å². The molecule has 0 fully saturated rings. The molecule has 2 N–H and O–H groups in total. The number of amides is 1. The minimum absolute atomic E-state index is 0.139. The van der Waals surface area contributed by atoms with E-state index in [-0.39, 0.29) is 10.0 Å². The van der Waals surface area contributed by atoms with Crippen LogP contribution >= 0.6 is 15.9 Å². The third kappa shape index (κ3) is 3.17. The minimum atomic E-state index is -1.17. The van der Waals surface area contributed by atoms with Crippen molar-refractivity contribution in [1.29, 1.82) is 0 Å². The number of nitrogens with one attached hydrogen (secondary N) is 1. The first-order chi connectivity index (χ1) is 8.99. The van der Waals surface area contributed by atoms with Crippen LogP contribution in [0.25, 0.3) is 0 Å². The largest absolute Gasteiger partial charge is 0.481 e. The van der Waals surface area contributed by atoms with Gasteiger partial charge in [-0.1, -0.05) is 0 Å². The number of benzene rings is 1. The van der Waals surface area contributed by atoms with Crippen LogP contribution in [0.4, 0.5) is 4.39 Å². The number of halogens is 2. The van der Waals surface area contributed by atoms with Crippen molar-refractivity contribution in [2.75, 3.05) is 0 Å². The number of carbonyl (C=O) groups excluding carboxylic acids is 1. The first-order valence-electron chi connectivity index (χ1n) is 6.00. The Balaban J connectivity index is 3.00. The zero-order valence-corrected chi connectivity index (χ0v) is 13.3. The van der Waals surface area contributed by atoms with Gasteiger partial charge >= 0.3 is 5.97 Å². The van der Waals surface area contributed by atoms with Crippen molar-refractivity contribution in [1.82, 2.24) is 5.32 Å². The molecule has 110 valence electrons. The zero-order valence-electron chi connectivity index (χ0n) is 11.8. The number of carboxylic acid groups (broad SMARTS) is 1. The van der Waals surface area contributed by atoms with Crippen LogP contribution < -0.4 is 5.32 Å². The molecule has 1 aromatic carbocycles. The summed E-state index contributed by atoms with van der Waals surface area (Å²) in [4.78, 5) is 23.4. The lowest BCUT2D eigenvalue weighted by Crippen LogP contribution is -2.56. The van der Waals surface area contributed by atoms with Crippen LogP contribution in [0.5, 0.6) is 0 Å². The predicted molar refractivity (Wildman–Crippen MR) is 77.1 cm³/mol. The average molecular weight is 346 g/mol. The molecule has 0 radical (unpaired) electrons. The third-order valence-electron chi connectivity index (χ3n) is 3.70. The smallest absolute Gasteiger partial charge is 0.311 e. The van der Waals surface area contributed by atoms with Gasteiger partial charge in [-0.15, -0.1) is 0 Å². The van der Waals surface area contributed by atoms with Crippen LogP contribution in [0.3, 0.4) is 0 Å². The summed E-state index contributed by atoms with van der Waals surface area (Å²) in [7, 11) is 0. The highest BCUT2D eigenvalue weighted by atomic mass is 79.9. The molecule has 0 unspecified atom stereocenters. The molecule has 1 aromatic rings. The Morgan fingerprint density at radius 3 is 2.25 bits per heavy atom. The standard InChI is InChI=1S/C14H17BrFNO3/c1-13(2,12(19)20)14(3,4)17-11(18)8-5-6-9(15)10(16)7-8/h5-7H,1-4H3,(H,17,18)(H,19,20). The summed E-state index contributed by atoms with van der Waals surface area (Å²) in [5.41, 5.74) is -2.03. The topological polar surface area (TPSA) is 66.4 Å². The molecular formula is C14H17BrFNO3. The molecule has 1 rings (SSSR count). The van der Waals surface area contributed by atoms with Crippen molar-refractivity contribution in [2.45, 2.75) is 33.2 Å². The lowest BCUT2D eigenvalue weighted by Gasteiger charge is -2.38. The normalized spacial score (nSPS) is 12.1. The van der Waals surface area contributed by atoms with Gasteiger partial charge < -0.3 is 10.4 Å². The van der Waals surface area contributed by atoms with Crippen molar-refractivity contribution in [3.05, 3.63) is 34.1 Å². The molecule has 0 spiro atoms. The summed E-state index contributed by atoms with van der Waals surface area (Å²) in [6, 6.07) is 4.00. The van der Waals surface area contributed by atoms with Crippen molar-refractivity contribution in [3.63, 3.8) is 0 Å². The quantitative estimate of drug-likeness (QED) is 0.880. The van der Waals surface area contributed by atoms with Crippen molar-refractivity contribution in [3.8, 4) is 0 Å². The number of hydrogen-bond acceptors (Lipinski definition) is 2. The second kappa shape index (κ2) is 5.52. The van der Waals surface area contributed by atoms with E-state index in [4.69, 9.17) is 0 Å². The van der Waals surface area contributed by atoms with E-state index in [1.807, 2.05) is 0 Å². The van der Waals surface area contributed by atoms with E-state index in [0.717, 1.165) is 6.07 Å². The van der Waals surface area contributed by atoms with Crippen LogP contribution in [-0.4, -0.2) is 22.5 Å². The minimum Gasteiger partial charge on any atom is -0.481 e. The fraction of sp³-hybridized carbons (Fsp3) is 0.429. The van der Waals surface area contributed by atoms with E-state index in [9.17, 15) is 19.1 Å². The second-order valence-corrected chi connectivity index (χ2v) is 6.49. The number of hydrogen-bond donors (Lipinski definition) is 2. The number of carboxylic acids is 1. The van der Waals surface area contributed by atoms with Gasteiger partial charge in [-0.3, -0.25) is 9.59 Å². The lowest BCUT2D eigenvalue weighted by atomic mass is 9.74. The molecule has 0 saturated carbocycles. The SMILES string of the molecule is CC(C)(NC(=O)c1ccc(Br)c(F)c1)C(C)(C)C(=O)O. The highest BCUT2D eigenvalue weighted by Crippen LogP contribution is 2.31. The van der Waals surface area contributed by atoms with Gasteiger partial charge in [-0.25, -0.2) is 4.39 Å². The fourth-order valence-corrected chi connectivity index (χ4v) is 1.66. The van der Waals surface area contributed by atoms with E-state index < -0.39 is 28.6 Å². The van der Waals surface area contributed by atoms with E-state index in [1.54, 1.807) is 13.8 Å². The number of carbonyl (C=O) groups is 2. The first-order valence-corrected chi connectivity index (χ1v) is 6.79. The molecule has 1 amide bonds. The third-order valence-corrected chi connectivity index (χ3v) is 4.35. The summed E-state index contributed by atoms with van der Waals surface area (Å²) < 4.78 is 13.7. The van der Waals surface area contributed by atoms with Gasteiger partial charge in [-0.05, 0) is 61.8 Å². The van der Waals surface area contributed by atoms with Crippen molar-refractivity contribution >= 4 is 27.8 Å². The molecule has 0 aromatic heterocycles. The maximum atomic E-state index is 13.4. The van der Waals surface area contributed by atoms with Crippen LogP contribution in [0, 0.1) is 11.2 Å². The summed E-state index contributed by atoms with van der Waals surface area (Å²) in [5, 5.41) is 11.9. The number of rotatable bonds is 4. The van der Waals surface area contributed by atoms with Crippen LogP contribution in [0.15, 0.2) is 22.7 Å². The molecule has 0 heterocycles. The molecule has 0 atom stereocenters. The van der Waals surface area contributed by atoms with Crippen LogP contribution in [0.2, 0.25) is 0 Å². The Morgan fingerprint density at radius 2 is 1.80 bits per heavy atom. The molecule has 4 nitrogen and oxygen atoms in total. The number of aliphatic carboxylic acids is 1. The fourth-order valence-electron chi connectivity index (χ4n) is 1.42. The summed E-state index contributed by atoms with van der Waals surface area (Å²) >= 11 is 3.01. The summed E-state index contributed by atoms with van der Waals surface area (Å²) in [6.45, 7) is 6.29. The maximum absolute atomic E-state index is 13.4. The van der Waals surface area contributed by atoms with E-state index in [2.05, 4.69) is 21.2 Å². The highest BCUT2D eigenvalue weighted by molar-refractivity contribution is 9.10. The van der Waals surface area contributed by atoms with E-state index >= 15 is 0 Å². The second-order valence-electron chi connectivity index (χ2n) is 5.64. The Bertz CT molecular complexity index is 555. The Morgan fingerprint density at radius 1 is 1.25 bits per heavy atom. The lowest BCUT2D eigenvalue weighted by molar-refractivity contribution is -0.150. The molecule has 0 aliphatic carbocycles. The zero-order chi connectivity index (χ0) is 15.7. The average Bonchev–Trinajstić information content (AvgIpc) is 2.31. The van der Waals surface area contributed by atoms with Gasteiger partial charge in [0, 0.05) is 5.56 Å². The van der Waals surface area contributed by atoms with Crippen molar-refractivity contribution < 1.29 is 19.1 Å². The Hall–Kier alpha value is -1.43. The summed E-state index contributed by atoms with van der Waals surface area (Å²) in [5.74, 6) is -2.09. The van der Waals surface area contributed by atoms with Gasteiger partial charge in [-0.2, -0.15) is 0 Å². The van der Waals surface area contributed by atoms with Gasteiger partial charge in [0.05, 0.1) is 15.4 Å². The van der Waals surface area contributed by atoms with Crippen molar-refractivity contribution in [2.24, 2.45) is 5.41 Å². The molecule has 0 saturated heterocycles. The molecule has 0 aliphatic rings. The monoisotopic (exact) mass is 345 g/mol. The Labute approximate surface area is 125 Å². The molecular weight excluding hydrogens is 329 g/mol. The molecule has 0 aliphatic heterocycles. The van der Waals surface area contributed by atoms with Gasteiger partial charge in [0.1, 0.15) is 5.82 Å². The van der Waals surface area contributed by atoms with Gasteiger partial charge in [0.25, 0.3) is 5.91 Å². The molecule has 20 heavy (non-hydrogen) atoms. The molecule has 6 heteroatoms. The van der Waals surface area contributed by atoms with Gasteiger partial charge in [0.2, 0.25) is 0 Å². The summed E-state index contributed by atoms with van der Waals surface area (Å²) in [6.07, 6.45) is 0. The van der Waals surface area contributed by atoms with Crippen LogP contribution in [0.1, 0.15) is 38.1 Å². The van der Waals surface area contributed by atoms with Gasteiger partial charge in [0.15, 0.2) is 0 Å². The first kappa shape index (κ1) is 16.6. The molecule has 0 bridgehead atoms. The predicted octanol–water partition coefficient (Wildman–Crippen LogP) is 3.21. The Kier molecular flexibility index (Phi) is 4.59. The van der Waals surface area contributed by atoms with E-state index in [1.165, 1.54) is 26.0 Å². The van der Waals surface area contributed by atoms with E-state index in [0.29, 0.717) is 0 Å². The maximum Gasteiger partial charge on any atom is 0.311 e. The highest BCUT2D eigenvalue weighted by Gasteiger charge is 2.44.